The van der Waals surface area contributed by atoms with Crippen LogP contribution in [0.5, 0.6) is 0 Å². The van der Waals surface area contributed by atoms with E-state index < -0.39 is 35.7 Å². The minimum absolute atomic E-state index is 0.0741. The van der Waals surface area contributed by atoms with Gasteiger partial charge in [-0.25, -0.2) is 0 Å². The summed E-state index contributed by atoms with van der Waals surface area (Å²) >= 11 is 0. The van der Waals surface area contributed by atoms with Gasteiger partial charge in [0.1, 0.15) is 17.8 Å². The largest absolute Gasteiger partial charge is 0.469 e. The van der Waals surface area contributed by atoms with Gasteiger partial charge in [0.05, 0.1) is 25.9 Å². The lowest BCUT2D eigenvalue weighted by molar-refractivity contribution is -0.128. The Hall–Kier alpha value is -5.80. The number of rotatable bonds is 23. The second kappa shape index (κ2) is 24.0. The molecule has 1 saturated carbocycles. The molecule has 1 aromatic heterocycles. The van der Waals surface area contributed by atoms with Crippen molar-refractivity contribution in [1.82, 2.24) is 31.9 Å². The quantitative estimate of drug-likeness (QED) is 0.0420. The Morgan fingerprint density at radius 2 is 1.54 bits per heavy atom. The first-order chi connectivity index (χ1) is 27.6. The first kappa shape index (κ1) is 43.9. The lowest BCUT2D eigenvalue weighted by Crippen LogP contribution is -2.49. The van der Waals surface area contributed by atoms with Gasteiger partial charge in [-0.3, -0.25) is 28.8 Å². The Labute approximate surface area is 333 Å². The number of furan rings is 1. The number of nitrogens with two attached hydrogens (primary N) is 1. The number of hydrogen-bond acceptors (Lipinski definition) is 9. The SMILES string of the molecule is CC1CCC(NC(=O)/C=C/C(=O)NCc2cccc(C[C@H](NC(=O)Cc3ccccc3CNC(=O)[C@H](Cc3ccco3)NC=O)C(=O)NCCOCCN)c2)CC1. The molecule has 3 aromatic rings. The molecule has 1 aliphatic carbocycles. The third-order valence-corrected chi connectivity index (χ3v) is 9.60. The predicted molar refractivity (Wildman–Crippen MR) is 213 cm³/mol. The minimum Gasteiger partial charge on any atom is -0.469 e. The van der Waals surface area contributed by atoms with Crippen LogP contribution in [0.1, 0.15) is 60.6 Å². The van der Waals surface area contributed by atoms with E-state index in [0.29, 0.717) is 42.4 Å². The van der Waals surface area contributed by atoms with Crippen LogP contribution in [0.15, 0.2) is 83.5 Å². The van der Waals surface area contributed by atoms with Crippen LogP contribution >= 0.6 is 0 Å². The van der Waals surface area contributed by atoms with Gasteiger partial charge in [0.15, 0.2) is 0 Å². The molecule has 0 bridgehead atoms. The fourth-order valence-corrected chi connectivity index (χ4v) is 6.49. The molecule has 0 aliphatic heterocycles. The number of benzene rings is 2. The van der Waals surface area contributed by atoms with Crippen molar-refractivity contribution in [2.45, 2.75) is 83.1 Å². The van der Waals surface area contributed by atoms with E-state index in [0.717, 1.165) is 36.8 Å². The van der Waals surface area contributed by atoms with Crippen LogP contribution in [0, 0.1) is 5.92 Å². The molecule has 0 saturated heterocycles. The molecule has 57 heavy (non-hydrogen) atoms. The van der Waals surface area contributed by atoms with Crippen molar-refractivity contribution in [2.75, 3.05) is 26.3 Å². The van der Waals surface area contributed by atoms with E-state index in [4.69, 9.17) is 14.9 Å². The van der Waals surface area contributed by atoms with Gasteiger partial charge in [-0.15, -0.1) is 0 Å². The van der Waals surface area contributed by atoms with Crippen LogP contribution in [0.2, 0.25) is 0 Å². The third-order valence-electron chi connectivity index (χ3n) is 9.60. The average molecular weight is 786 g/mol. The number of nitrogens with one attached hydrogen (secondary N) is 6. The normalized spacial score (nSPS) is 16.2. The zero-order valence-electron chi connectivity index (χ0n) is 32.4. The molecule has 0 spiro atoms. The molecule has 1 aliphatic rings. The van der Waals surface area contributed by atoms with Crippen LogP contribution in [-0.2, 0) is 65.9 Å². The summed E-state index contributed by atoms with van der Waals surface area (Å²) in [5.74, 6) is -0.745. The number of hydrogen-bond donors (Lipinski definition) is 7. The molecule has 4 rings (SSSR count). The summed E-state index contributed by atoms with van der Waals surface area (Å²) in [7, 11) is 0. The summed E-state index contributed by atoms with van der Waals surface area (Å²) in [5.41, 5.74) is 8.33. The molecule has 15 nitrogen and oxygen atoms in total. The fourth-order valence-electron chi connectivity index (χ4n) is 6.49. The van der Waals surface area contributed by atoms with Crippen molar-refractivity contribution < 1.29 is 37.9 Å². The van der Waals surface area contributed by atoms with Crippen LogP contribution in [0.3, 0.4) is 0 Å². The number of carbonyl (C=O) groups is 6. The van der Waals surface area contributed by atoms with E-state index in [1.807, 2.05) is 18.2 Å². The van der Waals surface area contributed by atoms with Gasteiger partial charge in [-0.2, -0.15) is 0 Å². The number of carbonyl (C=O) groups excluding carboxylic acids is 6. The van der Waals surface area contributed by atoms with E-state index in [1.165, 1.54) is 18.4 Å². The maximum atomic E-state index is 13.5. The summed E-state index contributed by atoms with van der Waals surface area (Å²) in [4.78, 5) is 76.0. The monoisotopic (exact) mass is 785 g/mol. The van der Waals surface area contributed by atoms with E-state index in [1.54, 1.807) is 42.5 Å². The molecule has 1 heterocycles. The van der Waals surface area contributed by atoms with Crippen molar-refractivity contribution in [3.63, 3.8) is 0 Å². The summed E-state index contributed by atoms with van der Waals surface area (Å²) in [6.45, 7) is 3.65. The van der Waals surface area contributed by atoms with Gasteiger partial charge in [-0.05, 0) is 66.0 Å². The molecule has 306 valence electrons. The molecule has 2 aromatic carbocycles. The van der Waals surface area contributed by atoms with E-state index in [2.05, 4.69) is 38.8 Å². The molecule has 1 fully saturated rings. The lowest BCUT2D eigenvalue weighted by atomic mass is 9.87. The third kappa shape index (κ3) is 16.1. The Kier molecular flexibility index (Phi) is 18.5. The maximum Gasteiger partial charge on any atom is 0.244 e. The van der Waals surface area contributed by atoms with Crippen molar-refractivity contribution in [3.8, 4) is 0 Å². The van der Waals surface area contributed by atoms with Crippen molar-refractivity contribution in [1.29, 1.82) is 0 Å². The van der Waals surface area contributed by atoms with E-state index >= 15 is 0 Å². The Morgan fingerprint density at radius 3 is 2.28 bits per heavy atom. The first-order valence-corrected chi connectivity index (χ1v) is 19.4. The minimum atomic E-state index is -0.950. The molecule has 0 radical (unpaired) electrons. The molecular weight excluding hydrogens is 731 g/mol. The van der Waals surface area contributed by atoms with Crippen molar-refractivity contribution in [2.24, 2.45) is 11.7 Å². The highest BCUT2D eigenvalue weighted by atomic mass is 16.5. The Balaban J connectivity index is 1.35. The predicted octanol–water partition coefficient (Wildman–Crippen LogP) is 1.48. The topological polar surface area (TPSA) is 223 Å². The maximum absolute atomic E-state index is 13.5. The van der Waals surface area contributed by atoms with Gasteiger partial charge in [-0.1, -0.05) is 55.5 Å². The van der Waals surface area contributed by atoms with Gasteiger partial charge in [0, 0.05) is 57.2 Å². The smallest absolute Gasteiger partial charge is 0.244 e. The summed E-state index contributed by atoms with van der Waals surface area (Å²) in [6.07, 6.45) is 8.68. The van der Waals surface area contributed by atoms with Crippen LogP contribution in [0.25, 0.3) is 0 Å². The Bertz CT molecular complexity index is 1790. The summed E-state index contributed by atoms with van der Waals surface area (Å²) < 4.78 is 10.7. The first-order valence-electron chi connectivity index (χ1n) is 19.4. The Morgan fingerprint density at radius 1 is 0.807 bits per heavy atom. The molecule has 6 amide bonds. The van der Waals surface area contributed by atoms with E-state index in [-0.39, 0.29) is 57.5 Å². The number of amides is 6. The van der Waals surface area contributed by atoms with E-state index in [9.17, 15) is 28.8 Å². The zero-order chi connectivity index (χ0) is 40.8. The van der Waals surface area contributed by atoms with Crippen LogP contribution in [0.4, 0.5) is 0 Å². The molecule has 0 unspecified atom stereocenters. The zero-order valence-corrected chi connectivity index (χ0v) is 32.4. The molecule has 8 N–H and O–H groups in total. The highest BCUT2D eigenvalue weighted by Gasteiger charge is 2.24. The second-order valence-electron chi connectivity index (χ2n) is 14.1. The van der Waals surface area contributed by atoms with Gasteiger partial charge < -0.3 is 46.8 Å². The number of ether oxygens (including phenoxy) is 1. The van der Waals surface area contributed by atoms with Gasteiger partial charge in [0.2, 0.25) is 35.9 Å². The van der Waals surface area contributed by atoms with Gasteiger partial charge >= 0.3 is 0 Å². The van der Waals surface area contributed by atoms with Crippen LogP contribution < -0.4 is 37.6 Å². The average Bonchev–Trinajstić information content (AvgIpc) is 3.72. The highest BCUT2D eigenvalue weighted by Crippen LogP contribution is 2.23. The van der Waals surface area contributed by atoms with Crippen LogP contribution in [-0.4, -0.2) is 80.4 Å². The highest BCUT2D eigenvalue weighted by molar-refractivity contribution is 5.96. The van der Waals surface area contributed by atoms with Crippen molar-refractivity contribution in [3.05, 3.63) is 107 Å². The van der Waals surface area contributed by atoms with Crippen molar-refractivity contribution >= 4 is 35.9 Å². The van der Waals surface area contributed by atoms with Gasteiger partial charge in [0.25, 0.3) is 0 Å². The second-order valence-corrected chi connectivity index (χ2v) is 14.1. The molecule has 2 atom stereocenters. The summed E-state index contributed by atoms with van der Waals surface area (Å²) in [5, 5.41) is 16.8. The fraction of sp³-hybridized carbons (Fsp3) is 0.429. The summed E-state index contributed by atoms with van der Waals surface area (Å²) in [6, 6.07) is 16.2. The lowest BCUT2D eigenvalue weighted by Gasteiger charge is -2.26. The molecular formula is C42H55N7O8. The molecule has 15 heteroatoms. The standard InChI is InChI=1S/C42H55N7O8/c1-29-11-13-34(14-12-29)48-39(52)16-15-38(51)45-26-31-7-4-6-30(22-31)23-37(42(55)44-18-21-56-20-17-43)49-40(53)24-32-8-2-3-9-33(32)27-46-41(54)36(47-28-50)25-35-10-5-19-57-35/h2-10,15-16,19,22,28-29,34,36-37H,11-14,17-18,20-21,23-27,43H2,1H3,(H,44,55)(H,45,51)(H,46,54)(H,47,50)(H,48,52)(H,49,53)/b16-15+/t29?,34?,36-,37-/m0/s1.